The largest absolute Gasteiger partial charge is 0.482 e. The second kappa shape index (κ2) is 10.7. The van der Waals surface area contributed by atoms with Gasteiger partial charge in [0.1, 0.15) is 17.2 Å². The fraction of sp³-hybridized carbons (Fsp3) is 0.0833. The predicted octanol–water partition coefficient (Wildman–Crippen LogP) is 4.52. The third-order valence-corrected chi connectivity index (χ3v) is 4.57. The van der Waals surface area contributed by atoms with Crippen molar-refractivity contribution in [1.29, 1.82) is 10.5 Å². The first kappa shape index (κ1) is 23.1. The molecule has 0 fully saturated rings. The molecule has 0 heterocycles. The first-order valence-electron chi connectivity index (χ1n) is 9.52. The molecule has 2 N–H and O–H groups in total. The topological polar surface area (TPSA) is 132 Å². The normalized spacial score (nSPS) is 9.91. The van der Waals surface area contributed by atoms with Crippen LogP contribution in [0, 0.1) is 22.7 Å². The molecule has 0 saturated heterocycles. The van der Waals surface area contributed by atoms with Crippen molar-refractivity contribution in [3.05, 3.63) is 82.4 Å². The number of carbonyl (C=O) groups excluding carboxylic acids is 1. The summed E-state index contributed by atoms with van der Waals surface area (Å²) in [4.78, 5) is 23.0. The Morgan fingerprint density at radius 2 is 1.61 bits per heavy atom. The molecule has 8 nitrogen and oxygen atoms in total. The second-order valence-corrected chi connectivity index (χ2v) is 7.18. The van der Waals surface area contributed by atoms with Gasteiger partial charge in [0.2, 0.25) is 5.91 Å². The smallest absolute Gasteiger partial charge is 0.341 e. The number of carboxylic acid groups (broad SMARTS) is 1. The average Bonchev–Trinajstić information content (AvgIpc) is 2.80. The number of nitrogens with zero attached hydrogens (tertiary/aromatic N) is 2. The quantitative estimate of drug-likeness (QED) is 0.503. The molecule has 3 aromatic rings. The Kier molecular flexibility index (Phi) is 7.48. The zero-order valence-electron chi connectivity index (χ0n) is 17.0. The van der Waals surface area contributed by atoms with Gasteiger partial charge >= 0.3 is 5.97 Å². The molecule has 0 aromatic heterocycles. The van der Waals surface area contributed by atoms with Crippen LogP contribution >= 0.6 is 11.6 Å². The van der Waals surface area contributed by atoms with E-state index in [1.165, 1.54) is 18.2 Å². The highest BCUT2D eigenvalue weighted by Crippen LogP contribution is 2.31. The van der Waals surface area contributed by atoms with Gasteiger partial charge in [0, 0.05) is 5.69 Å². The molecule has 33 heavy (non-hydrogen) atoms. The molecular formula is C24H16ClN3O5. The van der Waals surface area contributed by atoms with E-state index in [0.29, 0.717) is 22.0 Å². The van der Waals surface area contributed by atoms with Gasteiger partial charge in [0.05, 0.1) is 34.7 Å². The third-order valence-electron chi connectivity index (χ3n) is 4.25. The van der Waals surface area contributed by atoms with Crippen LogP contribution in [0.3, 0.4) is 0 Å². The van der Waals surface area contributed by atoms with Crippen molar-refractivity contribution in [3.8, 4) is 29.4 Å². The van der Waals surface area contributed by atoms with Gasteiger partial charge in [-0.3, -0.25) is 4.79 Å². The van der Waals surface area contributed by atoms with Crippen LogP contribution in [0.4, 0.5) is 5.69 Å². The second-order valence-electron chi connectivity index (χ2n) is 6.77. The number of nitriles is 2. The molecule has 164 valence electrons. The Hall–Kier alpha value is -4.53. The van der Waals surface area contributed by atoms with Gasteiger partial charge < -0.3 is 19.9 Å². The number of benzene rings is 3. The summed E-state index contributed by atoms with van der Waals surface area (Å²) in [6.45, 7) is -0.453. The van der Waals surface area contributed by atoms with Crippen molar-refractivity contribution < 1.29 is 24.2 Å². The summed E-state index contributed by atoms with van der Waals surface area (Å²) in [6, 6.07) is 19.5. The monoisotopic (exact) mass is 461 g/mol. The lowest BCUT2D eigenvalue weighted by molar-refractivity contribution is -0.139. The zero-order valence-corrected chi connectivity index (χ0v) is 17.8. The number of carboxylic acids is 1. The van der Waals surface area contributed by atoms with Crippen LogP contribution < -0.4 is 14.8 Å². The van der Waals surface area contributed by atoms with Gasteiger partial charge in [-0.05, 0) is 60.2 Å². The number of hydrogen-bond donors (Lipinski definition) is 2. The lowest BCUT2D eigenvalue weighted by Gasteiger charge is -2.11. The summed E-state index contributed by atoms with van der Waals surface area (Å²) >= 11 is 6.22. The maximum atomic E-state index is 12.4. The van der Waals surface area contributed by atoms with Crippen molar-refractivity contribution in [1.82, 2.24) is 0 Å². The highest BCUT2D eigenvalue weighted by Gasteiger charge is 2.11. The Morgan fingerprint density at radius 1 is 0.939 bits per heavy atom. The summed E-state index contributed by atoms with van der Waals surface area (Å²) in [5, 5.41) is 29.9. The summed E-state index contributed by atoms with van der Waals surface area (Å²) in [5.41, 5.74) is 1.70. The van der Waals surface area contributed by atoms with Crippen LogP contribution in [-0.4, -0.2) is 23.6 Å². The third kappa shape index (κ3) is 6.73. The predicted molar refractivity (Wildman–Crippen MR) is 119 cm³/mol. The highest BCUT2D eigenvalue weighted by molar-refractivity contribution is 6.32. The summed E-state index contributed by atoms with van der Waals surface area (Å²) in [7, 11) is 0. The van der Waals surface area contributed by atoms with Crippen LogP contribution in [0.15, 0.2) is 60.7 Å². The Morgan fingerprint density at radius 3 is 2.21 bits per heavy atom. The van der Waals surface area contributed by atoms with E-state index in [1.807, 2.05) is 12.1 Å². The number of rotatable bonds is 8. The van der Waals surface area contributed by atoms with E-state index in [4.69, 9.17) is 36.7 Å². The number of halogens is 1. The molecule has 0 atom stereocenters. The molecule has 0 radical (unpaired) electrons. The first-order chi connectivity index (χ1) is 15.9. The van der Waals surface area contributed by atoms with E-state index < -0.39 is 12.6 Å². The number of amides is 1. The van der Waals surface area contributed by atoms with Crippen LogP contribution in [0.25, 0.3) is 0 Å². The fourth-order valence-electron chi connectivity index (χ4n) is 2.82. The zero-order chi connectivity index (χ0) is 23.8. The van der Waals surface area contributed by atoms with Crippen LogP contribution in [-0.2, 0) is 16.0 Å². The Balaban J connectivity index is 1.67. The number of aliphatic carboxylic acids is 1. The summed E-state index contributed by atoms with van der Waals surface area (Å²) in [5.74, 6) is -0.446. The Labute approximate surface area is 194 Å². The van der Waals surface area contributed by atoms with E-state index in [0.717, 1.165) is 0 Å². The molecule has 1 amide bonds. The maximum Gasteiger partial charge on any atom is 0.341 e. The number of carbonyl (C=O) groups is 2. The average molecular weight is 462 g/mol. The first-order valence-corrected chi connectivity index (χ1v) is 9.90. The lowest BCUT2D eigenvalue weighted by atomic mass is 10.1. The molecule has 0 aliphatic heterocycles. The molecular weight excluding hydrogens is 446 g/mol. The molecule has 3 rings (SSSR count). The van der Waals surface area contributed by atoms with Gasteiger partial charge in [-0.25, -0.2) is 4.79 Å². The summed E-state index contributed by atoms with van der Waals surface area (Å²) in [6.07, 6.45) is 0.0342. The van der Waals surface area contributed by atoms with Crippen molar-refractivity contribution in [2.24, 2.45) is 0 Å². The SMILES string of the molecule is N#Cc1cc(C#N)cc(Oc2cc(CC(=O)Nc3ccc(OCC(=O)O)cc3)ccc2Cl)c1. The van der Waals surface area contributed by atoms with E-state index >= 15 is 0 Å². The molecule has 0 aliphatic rings. The number of anilines is 1. The van der Waals surface area contributed by atoms with Crippen LogP contribution in [0.5, 0.6) is 17.2 Å². The maximum absolute atomic E-state index is 12.4. The van der Waals surface area contributed by atoms with Crippen LogP contribution in [0.1, 0.15) is 16.7 Å². The van der Waals surface area contributed by atoms with Gasteiger partial charge in [0.15, 0.2) is 6.61 Å². The molecule has 3 aromatic carbocycles. The van der Waals surface area contributed by atoms with Crippen molar-refractivity contribution in [3.63, 3.8) is 0 Å². The van der Waals surface area contributed by atoms with Gasteiger partial charge in [-0.1, -0.05) is 17.7 Å². The Bertz CT molecular complexity index is 1240. The van der Waals surface area contributed by atoms with Gasteiger partial charge in [0.25, 0.3) is 0 Å². The molecule has 0 bridgehead atoms. The van der Waals surface area contributed by atoms with Crippen molar-refractivity contribution in [2.45, 2.75) is 6.42 Å². The van der Waals surface area contributed by atoms with Crippen LogP contribution in [0.2, 0.25) is 5.02 Å². The van der Waals surface area contributed by atoms with E-state index in [-0.39, 0.29) is 35.0 Å². The minimum atomic E-state index is -1.08. The van der Waals surface area contributed by atoms with Gasteiger partial charge in [-0.15, -0.1) is 0 Å². The summed E-state index contributed by atoms with van der Waals surface area (Å²) < 4.78 is 10.8. The lowest BCUT2D eigenvalue weighted by Crippen LogP contribution is -2.14. The van der Waals surface area contributed by atoms with E-state index in [2.05, 4.69) is 5.32 Å². The fourth-order valence-corrected chi connectivity index (χ4v) is 2.98. The van der Waals surface area contributed by atoms with E-state index in [9.17, 15) is 9.59 Å². The van der Waals surface area contributed by atoms with E-state index in [1.54, 1.807) is 42.5 Å². The molecule has 0 aliphatic carbocycles. The molecule has 0 spiro atoms. The van der Waals surface area contributed by atoms with Crippen molar-refractivity contribution >= 4 is 29.2 Å². The number of hydrogen-bond acceptors (Lipinski definition) is 6. The minimum Gasteiger partial charge on any atom is -0.482 e. The molecule has 0 saturated carbocycles. The van der Waals surface area contributed by atoms with Gasteiger partial charge in [-0.2, -0.15) is 10.5 Å². The highest BCUT2D eigenvalue weighted by atomic mass is 35.5. The standard InChI is InChI=1S/C24H16ClN3O5/c25-21-6-1-15(10-22(21)33-20-8-16(12-26)7-17(9-20)13-27)11-23(29)28-18-2-4-19(5-3-18)32-14-24(30)31/h1-10H,11,14H2,(H,28,29)(H,30,31). The van der Waals surface area contributed by atoms with Crippen molar-refractivity contribution in [2.75, 3.05) is 11.9 Å². The minimum absolute atomic E-state index is 0.0342. The molecule has 9 heteroatoms. The molecule has 0 unspecified atom stereocenters. The number of nitrogens with one attached hydrogen (secondary N) is 1. The number of ether oxygens (including phenoxy) is 2.